The first kappa shape index (κ1) is 23.6. The molecule has 0 radical (unpaired) electrons. The highest BCUT2D eigenvalue weighted by Crippen LogP contribution is 2.44. The van der Waals surface area contributed by atoms with Crippen molar-refractivity contribution in [2.75, 3.05) is 33.2 Å². The summed E-state index contributed by atoms with van der Waals surface area (Å²) in [5.74, 6) is -0.219. The zero-order valence-electron chi connectivity index (χ0n) is 24.3. The smallest absolute Gasteiger partial charge is 0.433 e. The molecule has 2 aromatic rings. The van der Waals surface area contributed by atoms with Gasteiger partial charge in [0, 0.05) is 43.7 Å². The molecular weight excluding hydrogens is 519 g/mol. The SMILES string of the molecule is Cl.[2H]C([2H])([2H])Oc1cccc([C@@H]2[C@H](N3CCNC4(CC4)C3)CCN2C(=O)Cn2nc(C3CC3)cc2C(F)(F)F)c1C. The van der Waals surface area contributed by atoms with Crippen molar-refractivity contribution in [1.82, 2.24) is 24.9 Å². The number of carbonyl (C=O) groups excluding carboxylic acids is 1. The van der Waals surface area contributed by atoms with Gasteiger partial charge in [-0.1, -0.05) is 12.1 Å². The number of amides is 1. The molecule has 0 bridgehead atoms. The Morgan fingerprint density at radius 2 is 2.05 bits per heavy atom. The van der Waals surface area contributed by atoms with Crippen molar-refractivity contribution < 1.29 is 26.8 Å². The van der Waals surface area contributed by atoms with Gasteiger partial charge in [-0.2, -0.15) is 18.3 Å². The van der Waals surface area contributed by atoms with E-state index < -0.39 is 37.4 Å². The van der Waals surface area contributed by atoms with Crippen molar-refractivity contribution in [2.24, 2.45) is 0 Å². The number of aromatic nitrogens is 2. The zero-order chi connectivity index (χ0) is 28.4. The van der Waals surface area contributed by atoms with Crippen LogP contribution in [-0.4, -0.2) is 70.3 Å². The summed E-state index contributed by atoms with van der Waals surface area (Å²) < 4.78 is 70.4. The largest absolute Gasteiger partial charge is 0.496 e. The summed E-state index contributed by atoms with van der Waals surface area (Å²) in [5.41, 5.74) is 0.929. The van der Waals surface area contributed by atoms with Gasteiger partial charge in [0.15, 0.2) is 0 Å². The van der Waals surface area contributed by atoms with Gasteiger partial charge in [0.25, 0.3) is 0 Å². The first-order valence-corrected chi connectivity index (χ1v) is 13.1. The van der Waals surface area contributed by atoms with E-state index in [1.54, 1.807) is 24.0 Å². The van der Waals surface area contributed by atoms with Gasteiger partial charge in [-0.15, -0.1) is 12.4 Å². The van der Waals surface area contributed by atoms with Crippen LogP contribution < -0.4 is 10.1 Å². The number of ether oxygens (including phenoxy) is 1. The molecule has 4 fully saturated rings. The third kappa shape index (κ3) is 5.02. The molecule has 2 aliphatic heterocycles. The number of methoxy groups -OCH3 is 1. The molecule has 7 nitrogen and oxygen atoms in total. The molecule has 1 amide bonds. The Balaban J connectivity index is 0.00000337. The lowest BCUT2D eigenvalue weighted by molar-refractivity contribution is -0.146. The number of alkyl halides is 3. The topological polar surface area (TPSA) is 62.6 Å². The van der Waals surface area contributed by atoms with Gasteiger partial charge < -0.3 is 15.0 Å². The Morgan fingerprint density at radius 3 is 2.74 bits per heavy atom. The maximum atomic E-state index is 13.9. The maximum Gasteiger partial charge on any atom is 0.433 e. The highest BCUT2D eigenvalue weighted by Gasteiger charge is 2.50. The van der Waals surface area contributed by atoms with Crippen LogP contribution in [0.1, 0.15) is 70.7 Å². The molecule has 2 aliphatic carbocycles. The summed E-state index contributed by atoms with van der Waals surface area (Å²) in [6, 6.07) is 5.70. The quantitative estimate of drug-likeness (QED) is 0.575. The predicted octanol–water partition coefficient (Wildman–Crippen LogP) is 4.30. The molecule has 1 N–H and O–H groups in total. The molecule has 208 valence electrons. The lowest BCUT2D eigenvalue weighted by Gasteiger charge is -2.41. The number of likely N-dealkylation sites (tertiary alicyclic amines) is 1. The molecule has 1 spiro atoms. The highest BCUT2D eigenvalue weighted by molar-refractivity contribution is 5.85. The Morgan fingerprint density at radius 1 is 1.26 bits per heavy atom. The Labute approximate surface area is 231 Å². The van der Waals surface area contributed by atoms with Crippen LogP contribution in [0.4, 0.5) is 13.2 Å². The lowest BCUT2D eigenvalue weighted by atomic mass is 9.93. The van der Waals surface area contributed by atoms with E-state index >= 15 is 0 Å². The highest BCUT2D eigenvalue weighted by atomic mass is 35.5. The summed E-state index contributed by atoms with van der Waals surface area (Å²) in [6.07, 6.45) is -0.170. The number of nitrogens with zero attached hydrogens (tertiary/aromatic N) is 4. The summed E-state index contributed by atoms with van der Waals surface area (Å²) >= 11 is 0. The van der Waals surface area contributed by atoms with Crippen molar-refractivity contribution in [2.45, 2.75) is 75.3 Å². The first-order chi connectivity index (χ1) is 18.8. The average Bonchev–Trinajstić information content (AvgIpc) is 3.76. The minimum Gasteiger partial charge on any atom is -0.496 e. The molecule has 11 heteroatoms. The lowest BCUT2D eigenvalue weighted by Crippen LogP contribution is -2.56. The van der Waals surface area contributed by atoms with Crippen molar-refractivity contribution >= 4 is 18.3 Å². The van der Waals surface area contributed by atoms with Crippen molar-refractivity contribution in [1.29, 1.82) is 0 Å². The second-order valence-corrected chi connectivity index (χ2v) is 11.0. The molecule has 1 aromatic heterocycles. The van der Waals surface area contributed by atoms with Crippen molar-refractivity contribution in [3.8, 4) is 5.75 Å². The molecule has 2 atom stereocenters. The molecule has 3 heterocycles. The Bertz CT molecular complexity index is 1300. The summed E-state index contributed by atoms with van der Waals surface area (Å²) in [7, 11) is -2.64. The summed E-state index contributed by atoms with van der Waals surface area (Å²) in [6.45, 7) is 4.09. The Kier molecular flexibility index (Phi) is 6.22. The van der Waals surface area contributed by atoms with E-state index in [0.717, 1.165) is 61.6 Å². The minimum atomic E-state index is -4.62. The fraction of sp³-hybridized carbons (Fsp3) is 0.630. The number of piperazine rings is 1. The van der Waals surface area contributed by atoms with Crippen LogP contribution in [0.25, 0.3) is 0 Å². The van der Waals surface area contributed by atoms with E-state index in [1.807, 2.05) is 6.07 Å². The molecule has 6 rings (SSSR count). The standard InChI is InChI=1S/C27H34F3N5O2.ClH/c1-17-19(4-3-5-22(17)37-2)25-21(33-13-11-31-26(16-33)9-10-26)8-12-34(25)24(36)15-35-23(27(28,29)30)14-20(32-35)18-6-7-18;/h3-5,14,18,21,25,31H,6-13,15-16H2,1-2H3;1H/t21-,25-;/m1./s1/i2D3;. The van der Waals surface area contributed by atoms with Gasteiger partial charge in [0.2, 0.25) is 5.91 Å². The molecule has 1 aromatic carbocycles. The zero-order valence-corrected chi connectivity index (χ0v) is 22.1. The van der Waals surface area contributed by atoms with E-state index in [0.29, 0.717) is 24.2 Å². The van der Waals surface area contributed by atoms with Crippen LogP contribution in [0, 0.1) is 6.92 Å². The summed E-state index contributed by atoms with van der Waals surface area (Å²) in [4.78, 5) is 17.9. The normalized spacial score (nSPS) is 26.4. The van der Waals surface area contributed by atoms with E-state index in [-0.39, 0.29) is 35.7 Å². The van der Waals surface area contributed by atoms with Crippen LogP contribution in [-0.2, 0) is 17.5 Å². The van der Waals surface area contributed by atoms with Crippen molar-refractivity contribution in [3.05, 3.63) is 46.8 Å². The van der Waals surface area contributed by atoms with Gasteiger partial charge in [-0.05, 0) is 62.3 Å². The molecule has 0 unspecified atom stereocenters. The predicted molar refractivity (Wildman–Crippen MR) is 139 cm³/mol. The maximum absolute atomic E-state index is 13.9. The van der Waals surface area contributed by atoms with Crippen molar-refractivity contribution in [3.63, 3.8) is 0 Å². The molecule has 2 saturated heterocycles. The third-order valence-corrected chi connectivity index (χ3v) is 8.54. The second-order valence-electron chi connectivity index (χ2n) is 11.0. The molecule has 38 heavy (non-hydrogen) atoms. The number of hydrogen-bond donors (Lipinski definition) is 1. The van der Waals surface area contributed by atoms with Gasteiger partial charge in [-0.3, -0.25) is 14.4 Å². The van der Waals surface area contributed by atoms with E-state index in [2.05, 4.69) is 15.3 Å². The van der Waals surface area contributed by atoms with Gasteiger partial charge in [-0.25, -0.2) is 0 Å². The fourth-order valence-electron chi connectivity index (χ4n) is 6.22. The van der Waals surface area contributed by atoms with Crippen LogP contribution in [0.15, 0.2) is 24.3 Å². The van der Waals surface area contributed by atoms with Crippen LogP contribution in [0.3, 0.4) is 0 Å². The molecular formula is C27H35ClF3N5O2. The van der Waals surface area contributed by atoms with Gasteiger partial charge >= 0.3 is 6.18 Å². The number of benzene rings is 1. The van der Waals surface area contributed by atoms with E-state index in [1.165, 1.54) is 0 Å². The van der Waals surface area contributed by atoms with Crippen LogP contribution in [0.2, 0.25) is 0 Å². The number of nitrogens with one attached hydrogen (secondary N) is 1. The first-order valence-electron chi connectivity index (χ1n) is 14.6. The number of carbonyl (C=O) groups is 1. The molecule has 2 saturated carbocycles. The third-order valence-electron chi connectivity index (χ3n) is 8.54. The number of rotatable bonds is 6. The Hall–Kier alpha value is -2.30. The minimum absolute atomic E-state index is 0. The van der Waals surface area contributed by atoms with Gasteiger partial charge in [0.05, 0.1) is 22.9 Å². The number of halogens is 4. The fourth-order valence-corrected chi connectivity index (χ4v) is 6.22. The monoisotopic (exact) mass is 556 g/mol. The van der Waals surface area contributed by atoms with Crippen LogP contribution >= 0.6 is 12.4 Å². The molecule has 4 aliphatic rings. The van der Waals surface area contributed by atoms with E-state index in [4.69, 9.17) is 8.85 Å². The number of hydrogen-bond acceptors (Lipinski definition) is 5. The van der Waals surface area contributed by atoms with Crippen LogP contribution in [0.5, 0.6) is 5.75 Å². The van der Waals surface area contributed by atoms with Gasteiger partial charge in [0.1, 0.15) is 18.0 Å². The summed E-state index contributed by atoms with van der Waals surface area (Å²) in [5, 5.41) is 7.81. The van der Waals surface area contributed by atoms with E-state index in [9.17, 15) is 18.0 Å². The average molecular weight is 557 g/mol. The second kappa shape index (κ2) is 10.0.